The molecule has 0 saturated carbocycles. The van der Waals surface area contributed by atoms with E-state index in [4.69, 9.17) is 0 Å². The number of hydrogen-bond acceptors (Lipinski definition) is 1. The minimum Gasteiger partial charge on any atom is -0.326 e. The van der Waals surface area contributed by atoms with E-state index in [1.165, 1.54) is 5.57 Å². The van der Waals surface area contributed by atoms with E-state index >= 15 is 0 Å². The van der Waals surface area contributed by atoms with Crippen molar-refractivity contribution in [3.05, 3.63) is 54.1 Å². The predicted molar refractivity (Wildman–Crippen MR) is 72.9 cm³/mol. The third-order valence-corrected chi connectivity index (χ3v) is 2.38. The van der Waals surface area contributed by atoms with Crippen LogP contribution in [0, 0.1) is 0 Å². The molecule has 1 N–H and O–H groups in total. The van der Waals surface area contributed by atoms with Crippen molar-refractivity contribution in [1.82, 2.24) is 0 Å². The fourth-order valence-electron chi connectivity index (χ4n) is 1.40. The molecule has 1 amide bonds. The van der Waals surface area contributed by atoms with Gasteiger partial charge < -0.3 is 5.32 Å². The van der Waals surface area contributed by atoms with E-state index in [1.807, 2.05) is 62.4 Å². The van der Waals surface area contributed by atoms with Crippen molar-refractivity contribution < 1.29 is 4.79 Å². The Labute approximate surface area is 103 Å². The zero-order valence-electron chi connectivity index (χ0n) is 10.4. The maximum atomic E-state index is 11.6. The van der Waals surface area contributed by atoms with Gasteiger partial charge in [-0.2, -0.15) is 0 Å². The first kappa shape index (κ1) is 13.2. The van der Waals surface area contributed by atoms with Crippen molar-refractivity contribution in [2.75, 3.05) is 5.32 Å². The van der Waals surface area contributed by atoms with Crippen LogP contribution in [0.3, 0.4) is 0 Å². The van der Waals surface area contributed by atoms with Gasteiger partial charge in [0.05, 0.1) is 0 Å². The quantitative estimate of drug-likeness (QED) is 0.761. The van der Waals surface area contributed by atoms with Gasteiger partial charge in [0.1, 0.15) is 0 Å². The number of amides is 1. The summed E-state index contributed by atoms with van der Waals surface area (Å²) in [5, 5.41) is 2.87. The second-order valence-electron chi connectivity index (χ2n) is 3.95. The smallest absolute Gasteiger partial charge is 0.224 e. The summed E-state index contributed by atoms with van der Waals surface area (Å²) >= 11 is 0. The standard InChI is InChI=1S/C15H19NO/c1-3-4-8-13(2)11-12-15(17)16-14-9-6-5-7-10-14/h3-10H,11-12H2,1-2H3,(H,16,17)/b4-3-,13-8+. The molecule has 2 nitrogen and oxygen atoms in total. The van der Waals surface area contributed by atoms with Gasteiger partial charge in [0.25, 0.3) is 0 Å². The highest BCUT2D eigenvalue weighted by molar-refractivity contribution is 5.90. The summed E-state index contributed by atoms with van der Waals surface area (Å²) < 4.78 is 0. The first-order chi connectivity index (χ1) is 8.22. The van der Waals surface area contributed by atoms with Gasteiger partial charge in [0.2, 0.25) is 5.91 Å². The first-order valence-electron chi connectivity index (χ1n) is 5.85. The molecule has 0 unspecified atom stereocenters. The molecule has 0 radical (unpaired) electrons. The lowest BCUT2D eigenvalue weighted by Gasteiger charge is -2.04. The molecule has 17 heavy (non-hydrogen) atoms. The first-order valence-corrected chi connectivity index (χ1v) is 5.85. The van der Waals surface area contributed by atoms with E-state index in [9.17, 15) is 4.79 Å². The average Bonchev–Trinajstić information content (AvgIpc) is 2.35. The second kappa shape index (κ2) is 7.44. The molecule has 1 aromatic carbocycles. The maximum absolute atomic E-state index is 11.6. The van der Waals surface area contributed by atoms with E-state index < -0.39 is 0 Å². The highest BCUT2D eigenvalue weighted by atomic mass is 16.1. The van der Waals surface area contributed by atoms with Crippen LogP contribution in [0.4, 0.5) is 5.69 Å². The Morgan fingerprint density at radius 3 is 2.59 bits per heavy atom. The normalized spacial score (nSPS) is 11.8. The number of para-hydroxylation sites is 1. The molecule has 0 spiro atoms. The number of benzene rings is 1. The molecule has 2 heteroatoms. The van der Waals surface area contributed by atoms with E-state index in [1.54, 1.807) is 0 Å². The lowest BCUT2D eigenvalue weighted by molar-refractivity contribution is -0.116. The fourth-order valence-corrected chi connectivity index (χ4v) is 1.40. The minimum atomic E-state index is 0.0597. The van der Waals surface area contributed by atoms with Crippen LogP contribution in [-0.2, 0) is 4.79 Å². The summed E-state index contributed by atoms with van der Waals surface area (Å²) in [7, 11) is 0. The van der Waals surface area contributed by atoms with Crippen LogP contribution in [-0.4, -0.2) is 5.91 Å². The zero-order valence-corrected chi connectivity index (χ0v) is 10.4. The van der Waals surface area contributed by atoms with Crippen molar-refractivity contribution in [2.24, 2.45) is 0 Å². The number of carbonyl (C=O) groups excluding carboxylic acids is 1. The van der Waals surface area contributed by atoms with Crippen molar-refractivity contribution in [3.63, 3.8) is 0 Å². The highest BCUT2D eigenvalue weighted by Gasteiger charge is 2.01. The molecule has 0 aliphatic heterocycles. The van der Waals surface area contributed by atoms with E-state index in [-0.39, 0.29) is 5.91 Å². The summed E-state index contributed by atoms with van der Waals surface area (Å²) in [6.07, 6.45) is 7.32. The number of anilines is 1. The van der Waals surface area contributed by atoms with Crippen LogP contribution in [0.25, 0.3) is 0 Å². The number of allylic oxidation sites excluding steroid dienone is 4. The van der Waals surface area contributed by atoms with Crippen LogP contribution >= 0.6 is 0 Å². The molecule has 0 atom stereocenters. The Morgan fingerprint density at radius 1 is 1.24 bits per heavy atom. The van der Waals surface area contributed by atoms with E-state index in [0.717, 1.165) is 12.1 Å². The zero-order chi connectivity index (χ0) is 12.5. The lowest BCUT2D eigenvalue weighted by atomic mass is 10.1. The summed E-state index contributed by atoms with van der Waals surface area (Å²) in [6.45, 7) is 4.02. The van der Waals surface area contributed by atoms with Gasteiger partial charge in [0, 0.05) is 12.1 Å². The third kappa shape index (κ3) is 5.71. The van der Waals surface area contributed by atoms with Crippen LogP contribution < -0.4 is 5.32 Å². The predicted octanol–water partition coefficient (Wildman–Crippen LogP) is 3.93. The summed E-state index contributed by atoms with van der Waals surface area (Å²) in [5.41, 5.74) is 2.07. The van der Waals surface area contributed by atoms with Crippen molar-refractivity contribution >= 4 is 11.6 Å². The van der Waals surface area contributed by atoms with Gasteiger partial charge in [-0.25, -0.2) is 0 Å². The third-order valence-electron chi connectivity index (χ3n) is 2.38. The SMILES string of the molecule is C/C=C\C=C(/C)CCC(=O)Nc1ccccc1. The molecule has 0 fully saturated rings. The van der Waals surface area contributed by atoms with E-state index in [2.05, 4.69) is 5.32 Å². The van der Waals surface area contributed by atoms with Crippen LogP contribution in [0.2, 0.25) is 0 Å². The maximum Gasteiger partial charge on any atom is 0.224 e. The molecule has 1 aromatic rings. The molecule has 0 aliphatic rings. The number of nitrogens with one attached hydrogen (secondary N) is 1. The second-order valence-corrected chi connectivity index (χ2v) is 3.95. The number of carbonyl (C=O) groups is 1. The summed E-state index contributed by atoms with van der Waals surface area (Å²) in [5.74, 6) is 0.0597. The lowest BCUT2D eigenvalue weighted by Crippen LogP contribution is -2.10. The number of hydrogen-bond donors (Lipinski definition) is 1. The number of rotatable bonds is 5. The minimum absolute atomic E-state index is 0.0597. The van der Waals surface area contributed by atoms with Gasteiger partial charge in [-0.05, 0) is 32.4 Å². The molecule has 0 heterocycles. The van der Waals surface area contributed by atoms with Gasteiger partial charge in [-0.3, -0.25) is 4.79 Å². The Balaban J connectivity index is 2.36. The Bertz CT molecular complexity index is 404. The highest BCUT2D eigenvalue weighted by Crippen LogP contribution is 2.08. The molecule has 90 valence electrons. The van der Waals surface area contributed by atoms with Crippen molar-refractivity contribution in [3.8, 4) is 0 Å². The molecule has 1 rings (SSSR count). The monoisotopic (exact) mass is 229 g/mol. The van der Waals surface area contributed by atoms with Gasteiger partial charge >= 0.3 is 0 Å². The molecule has 0 saturated heterocycles. The topological polar surface area (TPSA) is 29.1 Å². The molecular weight excluding hydrogens is 210 g/mol. The van der Waals surface area contributed by atoms with Crippen LogP contribution in [0.1, 0.15) is 26.7 Å². The summed E-state index contributed by atoms with van der Waals surface area (Å²) in [6, 6.07) is 9.53. The molecule has 0 bridgehead atoms. The van der Waals surface area contributed by atoms with Crippen molar-refractivity contribution in [1.29, 1.82) is 0 Å². The van der Waals surface area contributed by atoms with Gasteiger partial charge in [-0.15, -0.1) is 0 Å². The van der Waals surface area contributed by atoms with Crippen LogP contribution in [0.15, 0.2) is 54.1 Å². The van der Waals surface area contributed by atoms with Crippen LogP contribution in [0.5, 0.6) is 0 Å². The molecule has 0 aliphatic carbocycles. The Kier molecular flexibility index (Phi) is 5.80. The largest absolute Gasteiger partial charge is 0.326 e. The van der Waals surface area contributed by atoms with Gasteiger partial charge in [-0.1, -0.05) is 42.0 Å². The Morgan fingerprint density at radius 2 is 1.94 bits per heavy atom. The fraction of sp³-hybridized carbons (Fsp3) is 0.267. The van der Waals surface area contributed by atoms with Crippen molar-refractivity contribution in [2.45, 2.75) is 26.7 Å². The van der Waals surface area contributed by atoms with E-state index in [0.29, 0.717) is 6.42 Å². The summed E-state index contributed by atoms with van der Waals surface area (Å²) in [4.78, 5) is 11.6. The molecular formula is C15H19NO. The average molecular weight is 229 g/mol. The van der Waals surface area contributed by atoms with Gasteiger partial charge in [0.15, 0.2) is 0 Å². The molecule has 0 aromatic heterocycles. The Hall–Kier alpha value is -1.83.